The number of nitrogens with zero attached hydrogens (tertiary/aromatic N) is 1. The molecule has 0 unspecified atom stereocenters. The van der Waals surface area contributed by atoms with Crippen LogP contribution < -0.4 is 10.6 Å². The number of pyridine rings is 1. The summed E-state index contributed by atoms with van der Waals surface area (Å²) in [6.07, 6.45) is 1.71. The second kappa shape index (κ2) is 3.33. The van der Waals surface area contributed by atoms with Crippen molar-refractivity contribution in [2.24, 2.45) is 0 Å². The highest BCUT2D eigenvalue weighted by atomic mass is 79.9. The zero-order valence-electron chi connectivity index (χ0n) is 6.75. The minimum Gasteiger partial charge on any atom is -0.336 e. The van der Waals surface area contributed by atoms with Gasteiger partial charge in [0.05, 0.1) is 6.04 Å². The zero-order valence-corrected chi connectivity index (χ0v) is 8.34. The molecular weight excluding hydrogens is 234 g/mol. The maximum Gasteiger partial charge on any atom is 0.315 e. The molecule has 68 valence electrons. The van der Waals surface area contributed by atoms with E-state index in [1.165, 1.54) is 0 Å². The van der Waals surface area contributed by atoms with Crippen molar-refractivity contribution in [2.45, 2.75) is 6.04 Å². The summed E-state index contributed by atoms with van der Waals surface area (Å²) in [6.45, 7) is 0.614. The van der Waals surface area contributed by atoms with Crippen molar-refractivity contribution in [2.75, 3.05) is 6.54 Å². The van der Waals surface area contributed by atoms with Crippen molar-refractivity contribution < 1.29 is 4.79 Å². The molecule has 2 heterocycles. The SMILES string of the molecule is O=C1NC[C@@H](c2cccnc2Br)N1. The molecular formula is C8H8BrN3O. The number of nitrogens with one attached hydrogen (secondary N) is 2. The summed E-state index contributed by atoms with van der Waals surface area (Å²) in [5, 5.41) is 5.49. The summed E-state index contributed by atoms with van der Waals surface area (Å²) in [4.78, 5) is 15.0. The van der Waals surface area contributed by atoms with Gasteiger partial charge in [0.2, 0.25) is 0 Å². The molecule has 13 heavy (non-hydrogen) atoms. The Hall–Kier alpha value is -1.10. The van der Waals surface area contributed by atoms with Crippen molar-refractivity contribution in [3.8, 4) is 0 Å². The lowest BCUT2D eigenvalue weighted by atomic mass is 10.1. The lowest BCUT2D eigenvalue weighted by Gasteiger charge is -2.09. The standard InChI is InChI=1S/C8H8BrN3O/c9-7-5(2-1-3-10-7)6-4-11-8(13)12-6/h1-3,6H,4H2,(H2,11,12,13)/t6-/m0/s1. The number of urea groups is 1. The average molecular weight is 242 g/mol. The second-order valence-corrected chi connectivity index (χ2v) is 3.54. The highest BCUT2D eigenvalue weighted by Gasteiger charge is 2.23. The number of carbonyl (C=O) groups is 1. The molecule has 2 N–H and O–H groups in total. The van der Waals surface area contributed by atoms with Gasteiger partial charge in [-0.15, -0.1) is 0 Å². The van der Waals surface area contributed by atoms with Crippen molar-refractivity contribution in [1.29, 1.82) is 0 Å². The first-order chi connectivity index (χ1) is 6.27. The first kappa shape index (κ1) is 8.50. The molecule has 2 rings (SSSR count). The quantitative estimate of drug-likeness (QED) is 0.727. The first-order valence-corrected chi connectivity index (χ1v) is 4.71. The van der Waals surface area contributed by atoms with Crippen LogP contribution >= 0.6 is 15.9 Å². The third kappa shape index (κ3) is 1.65. The number of halogens is 1. The van der Waals surface area contributed by atoms with Gasteiger partial charge in [-0.1, -0.05) is 6.07 Å². The molecule has 1 aromatic heterocycles. The molecule has 1 fully saturated rings. The maximum atomic E-state index is 10.9. The molecule has 1 aliphatic heterocycles. The van der Waals surface area contributed by atoms with Crippen LogP contribution in [0.1, 0.15) is 11.6 Å². The van der Waals surface area contributed by atoms with E-state index in [4.69, 9.17) is 0 Å². The van der Waals surface area contributed by atoms with Crippen molar-refractivity contribution >= 4 is 22.0 Å². The molecule has 0 radical (unpaired) electrons. The van der Waals surface area contributed by atoms with E-state index in [1.54, 1.807) is 6.20 Å². The minimum absolute atomic E-state index is 0.0237. The maximum absolute atomic E-state index is 10.9. The lowest BCUT2D eigenvalue weighted by molar-refractivity contribution is 0.247. The molecule has 0 bridgehead atoms. The molecule has 0 aliphatic carbocycles. The van der Waals surface area contributed by atoms with E-state index in [0.717, 1.165) is 10.2 Å². The molecule has 2 amide bonds. The molecule has 1 aliphatic rings. The molecule has 0 aromatic carbocycles. The average Bonchev–Trinajstić information content (AvgIpc) is 2.53. The van der Waals surface area contributed by atoms with Crippen LogP contribution in [0, 0.1) is 0 Å². The van der Waals surface area contributed by atoms with Crippen LogP contribution in [0.4, 0.5) is 4.79 Å². The fourth-order valence-corrected chi connectivity index (χ4v) is 1.83. The fraction of sp³-hybridized carbons (Fsp3) is 0.250. The minimum atomic E-state index is -0.124. The predicted molar refractivity (Wildman–Crippen MR) is 51.2 cm³/mol. The number of hydrogen-bond acceptors (Lipinski definition) is 2. The van der Waals surface area contributed by atoms with E-state index >= 15 is 0 Å². The topological polar surface area (TPSA) is 54.0 Å². The summed E-state index contributed by atoms with van der Waals surface area (Å²) in [7, 11) is 0. The number of rotatable bonds is 1. The van der Waals surface area contributed by atoms with Crippen LogP contribution in [0.15, 0.2) is 22.9 Å². The molecule has 5 heteroatoms. The van der Waals surface area contributed by atoms with E-state index in [2.05, 4.69) is 31.5 Å². The van der Waals surface area contributed by atoms with Gasteiger partial charge in [-0.3, -0.25) is 0 Å². The lowest BCUT2D eigenvalue weighted by Crippen LogP contribution is -2.21. The summed E-state index contributed by atoms with van der Waals surface area (Å²) >= 11 is 3.34. The number of carbonyl (C=O) groups excluding carboxylic acids is 1. The molecule has 1 saturated heterocycles. The highest BCUT2D eigenvalue weighted by molar-refractivity contribution is 9.10. The number of aromatic nitrogens is 1. The summed E-state index contributed by atoms with van der Waals surface area (Å²) < 4.78 is 0.781. The largest absolute Gasteiger partial charge is 0.336 e. The predicted octanol–water partition coefficient (Wildman–Crippen LogP) is 1.20. The van der Waals surface area contributed by atoms with Crippen LogP contribution in [0.3, 0.4) is 0 Å². The molecule has 0 spiro atoms. The van der Waals surface area contributed by atoms with E-state index in [-0.39, 0.29) is 12.1 Å². The Morgan fingerprint density at radius 1 is 1.62 bits per heavy atom. The van der Waals surface area contributed by atoms with Crippen LogP contribution in [0.2, 0.25) is 0 Å². The number of amides is 2. The highest BCUT2D eigenvalue weighted by Crippen LogP contribution is 2.21. The smallest absolute Gasteiger partial charge is 0.315 e. The van der Waals surface area contributed by atoms with E-state index < -0.39 is 0 Å². The Labute approximate surface area is 83.9 Å². The second-order valence-electron chi connectivity index (χ2n) is 2.79. The number of hydrogen-bond donors (Lipinski definition) is 2. The Bertz CT molecular complexity index is 342. The Kier molecular flexibility index (Phi) is 2.18. The van der Waals surface area contributed by atoms with Gasteiger partial charge >= 0.3 is 6.03 Å². The molecule has 1 aromatic rings. The summed E-state index contributed by atoms with van der Waals surface area (Å²) in [5.41, 5.74) is 1.00. The third-order valence-corrected chi connectivity index (χ3v) is 2.60. The molecule has 0 saturated carbocycles. The van der Waals surface area contributed by atoms with Gasteiger partial charge in [0, 0.05) is 18.3 Å². The van der Waals surface area contributed by atoms with Crippen LogP contribution in [-0.4, -0.2) is 17.6 Å². The van der Waals surface area contributed by atoms with Crippen molar-refractivity contribution in [1.82, 2.24) is 15.6 Å². The van der Waals surface area contributed by atoms with Gasteiger partial charge in [0.15, 0.2) is 0 Å². The monoisotopic (exact) mass is 241 g/mol. The van der Waals surface area contributed by atoms with Gasteiger partial charge in [0.25, 0.3) is 0 Å². The van der Waals surface area contributed by atoms with Crippen molar-refractivity contribution in [3.05, 3.63) is 28.5 Å². The van der Waals surface area contributed by atoms with Crippen LogP contribution in [0.5, 0.6) is 0 Å². The Morgan fingerprint density at radius 3 is 3.08 bits per heavy atom. The van der Waals surface area contributed by atoms with Crippen LogP contribution in [0.25, 0.3) is 0 Å². The van der Waals surface area contributed by atoms with Crippen LogP contribution in [-0.2, 0) is 0 Å². The van der Waals surface area contributed by atoms with E-state index in [1.807, 2.05) is 12.1 Å². The van der Waals surface area contributed by atoms with Crippen molar-refractivity contribution in [3.63, 3.8) is 0 Å². The summed E-state index contributed by atoms with van der Waals surface area (Å²) in [5.74, 6) is 0. The normalized spacial score (nSPS) is 21.0. The van der Waals surface area contributed by atoms with Gasteiger partial charge in [-0.05, 0) is 22.0 Å². The van der Waals surface area contributed by atoms with E-state index in [9.17, 15) is 4.79 Å². The Balaban J connectivity index is 2.26. The molecule has 4 nitrogen and oxygen atoms in total. The first-order valence-electron chi connectivity index (χ1n) is 3.92. The van der Waals surface area contributed by atoms with Gasteiger partial charge in [-0.25, -0.2) is 9.78 Å². The fourth-order valence-electron chi connectivity index (χ4n) is 1.30. The Morgan fingerprint density at radius 2 is 2.46 bits per heavy atom. The third-order valence-electron chi connectivity index (χ3n) is 1.94. The van der Waals surface area contributed by atoms with Gasteiger partial charge in [-0.2, -0.15) is 0 Å². The van der Waals surface area contributed by atoms with Gasteiger partial charge in [0.1, 0.15) is 4.60 Å². The summed E-state index contributed by atoms with van der Waals surface area (Å²) in [6, 6.07) is 3.69. The van der Waals surface area contributed by atoms with Gasteiger partial charge < -0.3 is 10.6 Å². The zero-order chi connectivity index (χ0) is 9.26. The molecule has 1 atom stereocenters. The van der Waals surface area contributed by atoms with E-state index in [0.29, 0.717) is 6.54 Å².